The summed E-state index contributed by atoms with van der Waals surface area (Å²) in [5.74, 6) is -0.514. The Kier molecular flexibility index (Phi) is 5.90. The van der Waals surface area contributed by atoms with Crippen molar-refractivity contribution in [2.75, 3.05) is 25.1 Å². The molecule has 2 atom stereocenters. The highest BCUT2D eigenvalue weighted by Crippen LogP contribution is 2.29. The van der Waals surface area contributed by atoms with Crippen LogP contribution >= 0.6 is 11.6 Å². The van der Waals surface area contributed by atoms with Crippen molar-refractivity contribution in [3.8, 4) is 0 Å². The second-order valence-corrected chi connectivity index (χ2v) is 11.5. The Bertz CT molecular complexity index is 993. The molecule has 0 radical (unpaired) electrons. The Morgan fingerprint density at radius 3 is 2.37 bits per heavy atom. The quantitative estimate of drug-likeness (QED) is 0.698. The van der Waals surface area contributed by atoms with Gasteiger partial charge in [-0.3, -0.25) is 4.98 Å². The number of hydrogen-bond donors (Lipinski definition) is 0. The number of pyridine rings is 1. The first kappa shape index (κ1) is 20.3. The molecule has 1 aromatic heterocycles. The maximum atomic E-state index is 13.1. The van der Waals surface area contributed by atoms with Crippen molar-refractivity contribution in [1.29, 1.82) is 0 Å². The van der Waals surface area contributed by atoms with Crippen LogP contribution in [0.2, 0.25) is 5.02 Å². The van der Waals surface area contributed by atoms with Crippen LogP contribution in [0.25, 0.3) is 0 Å². The maximum absolute atomic E-state index is 13.1. The van der Waals surface area contributed by atoms with Gasteiger partial charge in [0.2, 0.25) is 0 Å². The van der Waals surface area contributed by atoms with Crippen LogP contribution in [0.5, 0.6) is 0 Å². The number of benzene rings is 1. The van der Waals surface area contributed by atoms with Crippen molar-refractivity contribution in [2.24, 2.45) is 0 Å². The summed E-state index contributed by atoms with van der Waals surface area (Å²) < 4.78 is 50.6. The van der Waals surface area contributed by atoms with Crippen molar-refractivity contribution in [3.05, 3.63) is 59.4 Å². The fraction of sp³-hybridized carbons (Fsp3) is 0.389. The van der Waals surface area contributed by atoms with E-state index >= 15 is 0 Å². The van der Waals surface area contributed by atoms with E-state index in [2.05, 4.69) is 4.98 Å². The van der Waals surface area contributed by atoms with Gasteiger partial charge in [-0.05, 0) is 55.4 Å². The van der Waals surface area contributed by atoms with E-state index in [4.69, 9.17) is 11.6 Å². The van der Waals surface area contributed by atoms with Gasteiger partial charge >= 0.3 is 0 Å². The van der Waals surface area contributed by atoms with Gasteiger partial charge in [-0.2, -0.15) is 0 Å². The molecule has 2 heterocycles. The zero-order valence-corrected chi connectivity index (χ0v) is 17.2. The first-order valence-corrected chi connectivity index (χ1v) is 12.2. The third kappa shape index (κ3) is 4.68. The van der Waals surface area contributed by atoms with Crippen LogP contribution in [0.1, 0.15) is 5.56 Å². The van der Waals surface area contributed by atoms with E-state index in [9.17, 15) is 16.8 Å². The van der Waals surface area contributed by atoms with Crippen molar-refractivity contribution in [3.63, 3.8) is 0 Å². The summed E-state index contributed by atoms with van der Waals surface area (Å²) in [4.78, 5) is 5.91. The van der Waals surface area contributed by atoms with Crippen LogP contribution in [0.15, 0.2) is 53.7 Å². The minimum Gasteiger partial charge on any atom is -0.301 e. The lowest BCUT2D eigenvalue weighted by Gasteiger charge is -2.28. The number of likely N-dealkylation sites (N-methyl/N-ethyl adjacent to an activating group) is 1. The molecule has 6 nitrogen and oxygen atoms in total. The highest BCUT2D eigenvalue weighted by Gasteiger charge is 2.47. The third-order valence-corrected chi connectivity index (χ3v) is 9.27. The minimum absolute atomic E-state index is 0.0986. The Morgan fingerprint density at radius 2 is 1.74 bits per heavy atom. The van der Waals surface area contributed by atoms with E-state index in [0.717, 1.165) is 5.56 Å². The highest BCUT2D eigenvalue weighted by atomic mass is 35.5. The topological polar surface area (TPSA) is 84.4 Å². The molecular weight excluding hydrogens is 408 g/mol. The van der Waals surface area contributed by atoms with Gasteiger partial charge in [-0.1, -0.05) is 11.6 Å². The Balaban J connectivity index is 1.83. The molecular formula is C18H21ClN2O4S2. The Hall–Kier alpha value is -1.48. The molecule has 1 saturated heterocycles. The van der Waals surface area contributed by atoms with Crippen molar-refractivity contribution in [1.82, 2.24) is 9.88 Å². The number of sulfone groups is 2. The molecule has 0 unspecified atom stereocenters. The Morgan fingerprint density at radius 1 is 1.11 bits per heavy atom. The predicted octanol–water partition coefficient (Wildman–Crippen LogP) is 1.85. The van der Waals surface area contributed by atoms with Crippen LogP contribution in [0.4, 0.5) is 0 Å². The number of hydrogen-bond acceptors (Lipinski definition) is 6. The van der Waals surface area contributed by atoms with Crippen LogP contribution in [0.3, 0.4) is 0 Å². The molecule has 0 saturated carbocycles. The smallest absolute Gasteiger partial charge is 0.183 e. The van der Waals surface area contributed by atoms with Crippen LogP contribution in [-0.2, 0) is 26.1 Å². The van der Waals surface area contributed by atoms with Crippen molar-refractivity contribution in [2.45, 2.75) is 22.6 Å². The van der Waals surface area contributed by atoms with E-state index in [1.165, 1.54) is 24.3 Å². The van der Waals surface area contributed by atoms with Crippen LogP contribution in [-0.4, -0.2) is 63.1 Å². The summed E-state index contributed by atoms with van der Waals surface area (Å²) in [5.41, 5.74) is 1.06. The monoisotopic (exact) mass is 428 g/mol. The molecule has 146 valence electrons. The molecule has 1 aliphatic heterocycles. The highest BCUT2D eigenvalue weighted by molar-refractivity contribution is 7.96. The molecule has 0 amide bonds. The second kappa shape index (κ2) is 7.87. The van der Waals surface area contributed by atoms with Gasteiger partial charge in [0, 0.05) is 30.0 Å². The summed E-state index contributed by atoms with van der Waals surface area (Å²) in [7, 11) is -5.45. The maximum Gasteiger partial charge on any atom is 0.183 e. The summed E-state index contributed by atoms with van der Waals surface area (Å²) in [6, 6.07) is 9.05. The van der Waals surface area contributed by atoms with Gasteiger partial charge < -0.3 is 4.90 Å². The first-order valence-electron chi connectivity index (χ1n) is 8.48. The molecule has 0 bridgehead atoms. The van der Waals surface area contributed by atoms with Crippen molar-refractivity contribution < 1.29 is 16.8 Å². The molecule has 9 heteroatoms. The van der Waals surface area contributed by atoms with Gasteiger partial charge in [-0.25, -0.2) is 16.8 Å². The zero-order valence-electron chi connectivity index (χ0n) is 14.8. The summed E-state index contributed by atoms with van der Waals surface area (Å²) >= 11 is 5.84. The van der Waals surface area contributed by atoms with Crippen molar-refractivity contribution >= 4 is 31.3 Å². The number of nitrogens with zero attached hydrogens (tertiary/aromatic N) is 2. The summed E-state index contributed by atoms with van der Waals surface area (Å²) in [6.07, 6.45) is 4.08. The fourth-order valence-electron chi connectivity index (χ4n) is 3.32. The number of halogens is 1. The second-order valence-electron chi connectivity index (χ2n) is 6.77. The normalized spacial score (nSPS) is 22.2. The molecule has 1 fully saturated rings. The van der Waals surface area contributed by atoms with E-state index in [0.29, 0.717) is 18.0 Å². The molecule has 27 heavy (non-hydrogen) atoms. The van der Waals surface area contributed by atoms with Gasteiger partial charge in [-0.15, -0.1) is 0 Å². The molecule has 1 aliphatic rings. The zero-order chi connectivity index (χ0) is 19.7. The van der Waals surface area contributed by atoms with Gasteiger partial charge in [0.25, 0.3) is 0 Å². The average Bonchev–Trinajstić information content (AvgIpc) is 2.97. The van der Waals surface area contributed by atoms with Gasteiger partial charge in [0.15, 0.2) is 19.7 Å². The summed E-state index contributed by atoms with van der Waals surface area (Å²) in [6.45, 7) is 0.552. The van der Waals surface area contributed by atoms with Gasteiger partial charge in [0.05, 0.1) is 21.7 Å². The predicted molar refractivity (Wildman–Crippen MR) is 105 cm³/mol. The molecule has 3 rings (SSSR count). The van der Waals surface area contributed by atoms with Crippen LogP contribution < -0.4 is 0 Å². The molecule has 0 spiro atoms. The van der Waals surface area contributed by atoms with Crippen LogP contribution in [0, 0.1) is 0 Å². The van der Waals surface area contributed by atoms with E-state index in [1.54, 1.807) is 19.4 Å². The summed E-state index contributed by atoms with van der Waals surface area (Å²) in [5, 5.41) is -0.565. The SMILES string of the molecule is CN(CCc1ccncc1)[C@@H]1CS(=O)(=O)C[C@H]1S(=O)(=O)c1ccc(Cl)cc1. The van der Waals surface area contributed by atoms with Gasteiger partial charge in [0.1, 0.15) is 0 Å². The molecule has 2 aromatic rings. The molecule has 1 aromatic carbocycles. The van der Waals surface area contributed by atoms with E-state index in [1.807, 2.05) is 17.0 Å². The lowest BCUT2D eigenvalue weighted by atomic mass is 10.1. The minimum atomic E-state index is -3.79. The van der Waals surface area contributed by atoms with E-state index in [-0.39, 0.29) is 16.4 Å². The lowest BCUT2D eigenvalue weighted by Crippen LogP contribution is -2.45. The van der Waals surface area contributed by atoms with E-state index < -0.39 is 31.0 Å². The number of rotatable bonds is 6. The molecule has 0 N–H and O–H groups in total. The fourth-order valence-corrected chi connectivity index (χ4v) is 8.36. The molecule has 0 aliphatic carbocycles. The standard InChI is InChI=1S/C18H21ClN2O4S2/c1-21(11-8-14-6-9-20-10-7-14)17-12-26(22,23)13-18(17)27(24,25)16-4-2-15(19)3-5-16/h2-7,9-10,17-18H,8,11-13H2,1H3/t17-,18-/m1/s1. The number of aromatic nitrogens is 1. The first-order chi connectivity index (χ1) is 12.7. The largest absolute Gasteiger partial charge is 0.301 e. The third-order valence-electron chi connectivity index (χ3n) is 4.88. The lowest BCUT2D eigenvalue weighted by molar-refractivity contribution is 0.266. The average molecular weight is 429 g/mol. The Labute approximate surface area is 165 Å².